The van der Waals surface area contributed by atoms with Gasteiger partial charge >= 0.3 is 0 Å². The molecule has 3 atom stereocenters. The number of carbonyl (C=O) groups is 2. The van der Waals surface area contributed by atoms with Crippen LogP contribution >= 0.6 is 12.4 Å². The maximum absolute atomic E-state index is 12.8. The average Bonchev–Trinajstić information content (AvgIpc) is 2.46. The summed E-state index contributed by atoms with van der Waals surface area (Å²) in [6.07, 6.45) is 5.04. The van der Waals surface area contributed by atoms with Gasteiger partial charge in [-0.1, -0.05) is 0 Å². The Kier molecular flexibility index (Phi) is 6.94. The molecule has 2 amide bonds. The Hall–Kier alpha value is -0.810. The van der Waals surface area contributed by atoms with Gasteiger partial charge in [-0.15, -0.1) is 12.4 Å². The van der Waals surface area contributed by atoms with Crippen molar-refractivity contribution >= 4 is 24.2 Å². The first-order valence-corrected chi connectivity index (χ1v) is 7.82. The Morgan fingerprint density at radius 3 is 2.48 bits per heavy atom. The van der Waals surface area contributed by atoms with Crippen molar-refractivity contribution in [3.05, 3.63) is 0 Å². The number of hydrogen-bond acceptors (Lipinski definition) is 3. The predicted octanol–water partition coefficient (Wildman–Crippen LogP) is 1.39. The third-order valence-corrected chi connectivity index (χ3v) is 4.66. The first-order valence-electron chi connectivity index (χ1n) is 7.82. The van der Waals surface area contributed by atoms with Crippen molar-refractivity contribution in [2.45, 2.75) is 58.0 Å². The lowest BCUT2D eigenvalue weighted by Gasteiger charge is -2.41. The van der Waals surface area contributed by atoms with E-state index >= 15 is 0 Å². The van der Waals surface area contributed by atoms with Crippen molar-refractivity contribution in [1.82, 2.24) is 9.80 Å². The largest absolute Gasteiger partial charge is 0.342 e. The molecular weight excluding hydrogens is 290 g/mol. The maximum Gasteiger partial charge on any atom is 0.227 e. The molecule has 3 unspecified atom stereocenters. The summed E-state index contributed by atoms with van der Waals surface area (Å²) < 4.78 is 0. The lowest BCUT2D eigenvalue weighted by atomic mass is 9.91. The Morgan fingerprint density at radius 2 is 1.86 bits per heavy atom. The Labute approximate surface area is 133 Å². The molecule has 122 valence electrons. The highest BCUT2D eigenvalue weighted by atomic mass is 35.5. The van der Waals surface area contributed by atoms with Crippen molar-refractivity contribution < 1.29 is 9.59 Å². The Bertz CT molecular complexity index is 376. The second kappa shape index (κ2) is 7.99. The summed E-state index contributed by atoms with van der Waals surface area (Å²) in [6, 6.07) is 0.190. The van der Waals surface area contributed by atoms with Crippen molar-refractivity contribution in [2.24, 2.45) is 11.7 Å². The SMILES string of the molecule is CC(=O)N1CCCC(C(=O)N2CCCCC2C(C)N)C1.Cl. The molecule has 2 fully saturated rings. The van der Waals surface area contributed by atoms with Crippen LogP contribution in [0.5, 0.6) is 0 Å². The third kappa shape index (κ3) is 4.33. The lowest BCUT2D eigenvalue weighted by Crippen LogP contribution is -2.55. The molecule has 0 bridgehead atoms. The Morgan fingerprint density at radius 1 is 1.14 bits per heavy atom. The van der Waals surface area contributed by atoms with E-state index in [1.165, 1.54) is 0 Å². The standard InChI is InChI=1S/C15H27N3O2.ClH/c1-11(16)14-7-3-4-9-18(14)15(20)13-6-5-8-17(10-13)12(2)19;/h11,13-14H,3-10,16H2,1-2H3;1H. The van der Waals surface area contributed by atoms with Gasteiger partial charge in [-0.25, -0.2) is 0 Å². The van der Waals surface area contributed by atoms with Gasteiger partial charge in [-0.2, -0.15) is 0 Å². The molecular formula is C15H28ClN3O2. The molecule has 0 saturated carbocycles. The molecule has 0 aromatic carbocycles. The van der Waals surface area contributed by atoms with E-state index in [0.717, 1.165) is 45.2 Å². The smallest absolute Gasteiger partial charge is 0.227 e. The van der Waals surface area contributed by atoms with E-state index in [2.05, 4.69) is 0 Å². The minimum absolute atomic E-state index is 0. The third-order valence-electron chi connectivity index (χ3n) is 4.66. The topological polar surface area (TPSA) is 66.6 Å². The number of amides is 2. The fraction of sp³-hybridized carbons (Fsp3) is 0.867. The Balaban J connectivity index is 0.00000220. The van der Waals surface area contributed by atoms with Gasteiger partial charge in [0.2, 0.25) is 11.8 Å². The molecule has 2 saturated heterocycles. The van der Waals surface area contributed by atoms with Crippen LogP contribution < -0.4 is 5.73 Å². The highest BCUT2D eigenvalue weighted by Crippen LogP contribution is 2.25. The molecule has 0 radical (unpaired) electrons. The number of carbonyl (C=O) groups excluding carboxylic acids is 2. The van der Waals surface area contributed by atoms with E-state index < -0.39 is 0 Å². The quantitative estimate of drug-likeness (QED) is 0.837. The van der Waals surface area contributed by atoms with Crippen LogP contribution in [0.4, 0.5) is 0 Å². The summed E-state index contributed by atoms with van der Waals surface area (Å²) in [5.41, 5.74) is 6.04. The second-order valence-electron chi connectivity index (χ2n) is 6.26. The average molecular weight is 318 g/mol. The molecule has 0 aromatic rings. The van der Waals surface area contributed by atoms with Gasteiger partial charge in [0, 0.05) is 38.6 Å². The minimum Gasteiger partial charge on any atom is -0.342 e. The monoisotopic (exact) mass is 317 g/mol. The number of nitrogens with two attached hydrogens (primary N) is 1. The molecule has 2 heterocycles. The van der Waals surface area contributed by atoms with Crippen LogP contribution in [0.2, 0.25) is 0 Å². The molecule has 2 rings (SSSR count). The summed E-state index contributed by atoms with van der Waals surface area (Å²) >= 11 is 0. The van der Waals surface area contributed by atoms with E-state index in [-0.39, 0.29) is 42.2 Å². The number of rotatable bonds is 2. The molecule has 2 N–H and O–H groups in total. The molecule has 2 aliphatic heterocycles. The van der Waals surface area contributed by atoms with Crippen molar-refractivity contribution in [3.63, 3.8) is 0 Å². The molecule has 2 aliphatic rings. The zero-order chi connectivity index (χ0) is 14.7. The summed E-state index contributed by atoms with van der Waals surface area (Å²) in [4.78, 5) is 28.1. The number of likely N-dealkylation sites (tertiary alicyclic amines) is 2. The number of piperidine rings is 2. The lowest BCUT2D eigenvalue weighted by molar-refractivity contribution is -0.143. The van der Waals surface area contributed by atoms with Gasteiger partial charge in [0.25, 0.3) is 0 Å². The van der Waals surface area contributed by atoms with Crippen molar-refractivity contribution in [3.8, 4) is 0 Å². The zero-order valence-corrected chi connectivity index (χ0v) is 13.9. The first kappa shape index (κ1) is 18.2. The van der Waals surface area contributed by atoms with Crippen LogP contribution in [0.3, 0.4) is 0 Å². The second-order valence-corrected chi connectivity index (χ2v) is 6.26. The van der Waals surface area contributed by atoms with Crippen molar-refractivity contribution in [2.75, 3.05) is 19.6 Å². The van der Waals surface area contributed by atoms with Gasteiger partial charge in [-0.05, 0) is 39.0 Å². The molecule has 0 aromatic heterocycles. The van der Waals surface area contributed by atoms with Gasteiger partial charge in [0.05, 0.1) is 5.92 Å². The fourth-order valence-corrected chi connectivity index (χ4v) is 3.48. The van der Waals surface area contributed by atoms with E-state index in [0.29, 0.717) is 6.54 Å². The fourth-order valence-electron chi connectivity index (χ4n) is 3.48. The summed E-state index contributed by atoms with van der Waals surface area (Å²) in [5.74, 6) is 0.245. The van der Waals surface area contributed by atoms with E-state index in [1.54, 1.807) is 11.8 Å². The number of hydrogen-bond donors (Lipinski definition) is 1. The van der Waals surface area contributed by atoms with Crippen molar-refractivity contribution in [1.29, 1.82) is 0 Å². The van der Waals surface area contributed by atoms with Gasteiger partial charge < -0.3 is 15.5 Å². The van der Waals surface area contributed by atoms with Gasteiger partial charge in [-0.3, -0.25) is 9.59 Å². The summed E-state index contributed by atoms with van der Waals surface area (Å²) in [5, 5.41) is 0. The maximum atomic E-state index is 12.8. The van der Waals surface area contributed by atoms with E-state index in [4.69, 9.17) is 5.73 Å². The van der Waals surface area contributed by atoms with Crippen LogP contribution in [0.25, 0.3) is 0 Å². The number of nitrogens with zero attached hydrogens (tertiary/aromatic N) is 2. The van der Waals surface area contributed by atoms with E-state index in [1.807, 2.05) is 11.8 Å². The molecule has 6 heteroatoms. The normalized spacial score (nSPS) is 27.8. The van der Waals surface area contributed by atoms with Crippen LogP contribution in [0, 0.1) is 5.92 Å². The molecule has 0 aliphatic carbocycles. The molecule has 21 heavy (non-hydrogen) atoms. The van der Waals surface area contributed by atoms with E-state index in [9.17, 15) is 9.59 Å². The summed E-state index contributed by atoms with van der Waals surface area (Å²) in [6.45, 7) is 5.76. The van der Waals surface area contributed by atoms with Crippen LogP contribution in [-0.4, -0.2) is 53.3 Å². The van der Waals surface area contributed by atoms with Crippen LogP contribution in [0.1, 0.15) is 46.0 Å². The summed E-state index contributed by atoms with van der Waals surface area (Å²) in [7, 11) is 0. The van der Waals surface area contributed by atoms with Gasteiger partial charge in [0.1, 0.15) is 0 Å². The highest BCUT2D eigenvalue weighted by Gasteiger charge is 2.35. The van der Waals surface area contributed by atoms with Gasteiger partial charge in [0.15, 0.2) is 0 Å². The predicted molar refractivity (Wildman–Crippen MR) is 85.2 cm³/mol. The zero-order valence-electron chi connectivity index (χ0n) is 13.1. The highest BCUT2D eigenvalue weighted by molar-refractivity contribution is 5.85. The minimum atomic E-state index is -0.0352. The number of halogens is 1. The molecule has 0 spiro atoms. The van der Waals surface area contributed by atoms with Crippen LogP contribution in [-0.2, 0) is 9.59 Å². The first-order chi connectivity index (χ1) is 9.50. The molecule has 5 nitrogen and oxygen atoms in total. The van der Waals surface area contributed by atoms with Crippen LogP contribution in [0.15, 0.2) is 0 Å².